The maximum atomic E-state index is 12.1. The van der Waals surface area contributed by atoms with Crippen molar-refractivity contribution < 1.29 is 19.7 Å². The molecule has 0 amide bonds. The predicted octanol–water partition coefficient (Wildman–Crippen LogP) is -1.65. The van der Waals surface area contributed by atoms with Gasteiger partial charge in [-0.3, -0.25) is 4.98 Å². The molecule has 0 saturated carbocycles. The van der Waals surface area contributed by atoms with Crippen molar-refractivity contribution in [3.63, 3.8) is 0 Å². The Bertz CT molecular complexity index is 726. The highest BCUT2D eigenvalue weighted by molar-refractivity contribution is 5.77. The van der Waals surface area contributed by atoms with E-state index < -0.39 is 24.1 Å². The van der Waals surface area contributed by atoms with E-state index in [1.807, 2.05) is 0 Å². The second-order valence-corrected chi connectivity index (χ2v) is 4.70. The van der Waals surface area contributed by atoms with Gasteiger partial charge >= 0.3 is 5.69 Å². The summed E-state index contributed by atoms with van der Waals surface area (Å²) in [7, 11) is 1.40. The highest BCUT2D eigenvalue weighted by Crippen LogP contribution is 2.30. The first kappa shape index (κ1) is 13.8. The molecule has 0 aromatic carbocycles. The third-order valence-corrected chi connectivity index (χ3v) is 3.42. The number of fused-ring (bicyclic) bond motifs is 1. The van der Waals surface area contributed by atoms with E-state index in [1.165, 1.54) is 11.7 Å². The van der Waals surface area contributed by atoms with Crippen LogP contribution in [0.5, 0.6) is 5.88 Å². The third-order valence-electron chi connectivity index (χ3n) is 3.42. The minimum Gasteiger partial charge on any atom is -0.479 e. The quantitative estimate of drug-likeness (QED) is 0.526. The van der Waals surface area contributed by atoms with Crippen LogP contribution in [0.25, 0.3) is 11.2 Å². The van der Waals surface area contributed by atoms with Crippen molar-refractivity contribution in [1.82, 2.24) is 19.5 Å². The van der Waals surface area contributed by atoms with Gasteiger partial charge in [0, 0.05) is 6.42 Å². The molecule has 0 aliphatic carbocycles. The van der Waals surface area contributed by atoms with Gasteiger partial charge in [-0.25, -0.2) is 9.36 Å². The molecule has 21 heavy (non-hydrogen) atoms. The van der Waals surface area contributed by atoms with Crippen LogP contribution in [0.3, 0.4) is 0 Å². The van der Waals surface area contributed by atoms with Crippen LogP contribution < -0.4 is 16.2 Å². The molecule has 2 aromatic heterocycles. The summed E-state index contributed by atoms with van der Waals surface area (Å²) in [6, 6.07) is 0. The molecule has 3 heterocycles. The van der Waals surface area contributed by atoms with Crippen molar-refractivity contribution in [2.24, 2.45) is 0 Å². The van der Waals surface area contributed by atoms with Crippen LogP contribution in [0.2, 0.25) is 0 Å². The van der Waals surface area contributed by atoms with Crippen LogP contribution in [-0.4, -0.2) is 55.7 Å². The number of nitrogens with one attached hydrogen (secondary N) is 1. The lowest BCUT2D eigenvalue weighted by molar-refractivity contribution is -0.0441. The number of aliphatic hydroxyl groups excluding tert-OH is 2. The van der Waals surface area contributed by atoms with Gasteiger partial charge in [0.25, 0.3) is 0 Å². The topological polar surface area (TPSA) is 149 Å². The number of ether oxygens (including phenoxy) is 2. The molecule has 1 aliphatic rings. The highest BCUT2D eigenvalue weighted by Gasteiger charge is 2.36. The minimum absolute atomic E-state index is 0.0515. The van der Waals surface area contributed by atoms with Crippen LogP contribution >= 0.6 is 0 Å². The van der Waals surface area contributed by atoms with Gasteiger partial charge in [0.15, 0.2) is 5.65 Å². The zero-order chi connectivity index (χ0) is 15.1. The van der Waals surface area contributed by atoms with Gasteiger partial charge in [-0.15, -0.1) is 0 Å². The molecule has 0 bridgehead atoms. The maximum Gasteiger partial charge on any atom is 0.329 e. The first-order valence-corrected chi connectivity index (χ1v) is 6.31. The summed E-state index contributed by atoms with van der Waals surface area (Å²) < 4.78 is 11.8. The number of rotatable bonds is 3. The van der Waals surface area contributed by atoms with E-state index in [0.717, 1.165) is 0 Å². The Morgan fingerprint density at radius 3 is 2.95 bits per heavy atom. The smallest absolute Gasteiger partial charge is 0.329 e. The minimum atomic E-state index is -0.863. The van der Waals surface area contributed by atoms with Crippen molar-refractivity contribution >= 4 is 17.1 Å². The standard InChI is InChI=1S/C11H15N5O5/c1-20-9-7-8(14-10(12)15-9)16(11(19)13-7)6-2-4(18)5(3-17)21-6/h4-6,17-18H,2-3H2,1H3,(H,13,19)(H2,12,14,15)/t4-,5+,6+/m0/s1. The van der Waals surface area contributed by atoms with Gasteiger partial charge in [0.2, 0.25) is 11.8 Å². The molecule has 1 fully saturated rings. The fraction of sp³-hybridized carbons (Fsp3) is 0.545. The Morgan fingerprint density at radius 1 is 1.57 bits per heavy atom. The number of nitrogens with zero attached hydrogens (tertiary/aromatic N) is 3. The van der Waals surface area contributed by atoms with E-state index in [1.54, 1.807) is 0 Å². The first-order valence-electron chi connectivity index (χ1n) is 6.31. The molecule has 0 spiro atoms. The number of aromatic nitrogens is 4. The summed E-state index contributed by atoms with van der Waals surface area (Å²) in [5, 5.41) is 18.9. The molecule has 10 nitrogen and oxygen atoms in total. The van der Waals surface area contributed by atoms with Gasteiger partial charge < -0.3 is 25.4 Å². The van der Waals surface area contributed by atoms with E-state index in [9.17, 15) is 9.90 Å². The van der Waals surface area contributed by atoms with Gasteiger partial charge in [-0.2, -0.15) is 9.97 Å². The van der Waals surface area contributed by atoms with Gasteiger partial charge in [-0.1, -0.05) is 0 Å². The molecule has 0 unspecified atom stereocenters. The summed E-state index contributed by atoms with van der Waals surface area (Å²) in [4.78, 5) is 22.6. The van der Waals surface area contributed by atoms with Crippen molar-refractivity contribution in [2.45, 2.75) is 24.9 Å². The Hall–Kier alpha value is -2.17. The maximum absolute atomic E-state index is 12.1. The van der Waals surface area contributed by atoms with Crippen LogP contribution in [0, 0.1) is 0 Å². The summed E-state index contributed by atoms with van der Waals surface area (Å²) in [6.07, 6.45) is -2.20. The van der Waals surface area contributed by atoms with Gasteiger partial charge in [-0.05, 0) is 0 Å². The fourth-order valence-electron chi connectivity index (χ4n) is 2.44. The average Bonchev–Trinajstić information content (AvgIpc) is 2.97. The average molecular weight is 297 g/mol. The predicted molar refractivity (Wildman–Crippen MR) is 70.7 cm³/mol. The van der Waals surface area contributed by atoms with E-state index in [-0.39, 0.29) is 30.5 Å². The third kappa shape index (κ3) is 2.13. The monoisotopic (exact) mass is 297 g/mol. The summed E-state index contributed by atoms with van der Waals surface area (Å²) in [5.74, 6) is 0.0926. The van der Waals surface area contributed by atoms with Crippen molar-refractivity contribution in [2.75, 3.05) is 19.5 Å². The Morgan fingerprint density at radius 2 is 2.33 bits per heavy atom. The van der Waals surface area contributed by atoms with E-state index in [2.05, 4.69) is 15.0 Å². The number of anilines is 1. The molecule has 3 atom stereocenters. The number of hydrogen-bond donors (Lipinski definition) is 4. The zero-order valence-electron chi connectivity index (χ0n) is 11.2. The molecule has 1 aliphatic heterocycles. The Labute approximate surface area is 118 Å². The lowest BCUT2D eigenvalue weighted by atomic mass is 10.2. The van der Waals surface area contributed by atoms with Crippen LogP contribution in [0.15, 0.2) is 4.79 Å². The van der Waals surface area contributed by atoms with Crippen LogP contribution in [0.1, 0.15) is 12.6 Å². The molecule has 114 valence electrons. The van der Waals surface area contributed by atoms with Crippen LogP contribution in [0.4, 0.5) is 5.95 Å². The second-order valence-electron chi connectivity index (χ2n) is 4.70. The van der Waals surface area contributed by atoms with E-state index in [4.69, 9.17) is 20.3 Å². The molecule has 5 N–H and O–H groups in total. The Kier molecular flexibility index (Phi) is 3.27. The molecule has 10 heteroatoms. The Balaban J connectivity index is 2.13. The van der Waals surface area contributed by atoms with Gasteiger partial charge in [0.05, 0.1) is 19.8 Å². The van der Waals surface area contributed by atoms with Crippen molar-refractivity contribution in [3.05, 3.63) is 10.5 Å². The molecule has 2 aromatic rings. The number of aromatic amines is 1. The fourth-order valence-corrected chi connectivity index (χ4v) is 2.44. The number of H-pyrrole nitrogens is 1. The van der Waals surface area contributed by atoms with Crippen LogP contribution in [-0.2, 0) is 4.74 Å². The molecular weight excluding hydrogens is 282 g/mol. The second kappa shape index (κ2) is 4.98. The number of aliphatic hydroxyl groups is 2. The van der Waals surface area contributed by atoms with Crippen molar-refractivity contribution in [3.8, 4) is 5.88 Å². The summed E-state index contributed by atoms with van der Waals surface area (Å²) in [6.45, 7) is -0.338. The number of imidazole rings is 1. The number of methoxy groups -OCH3 is 1. The lowest BCUT2D eigenvalue weighted by Crippen LogP contribution is -2.25. The zero-order valence-corrected chi connectivity index (χ0v) is 11.2. The first-order chi connectivity index (χ1) is 10.0. The normalized spacial score (nSPS) is 25.6. The number of hydrogen-bond acceptors (Lipinski definition) is 8. The van der Waals surface area contributed by atoms with E-state index in [0.29, 0.717) is 5.52 Å². The number of nitrogen functional groups attached to an aromatic ring is 1. The largest absolute Gasteiger partial charge is 0.479 e. The lowest BCUT2D eigenvalue weighted by Gasteiger charge is -2.13. The molecular formula is C11H15N5O5. The van der Waals surface area contributed by atoms with E-state index >= 15 is 0 Å². The van der Waals surface area contributed by atoms with Crippen molar-refractivity contribution in [1.29, 1.82) is 0 Å². The SMILES string of the molecule is COc1nc(N)nc2c1[nH]c(=O)n2[C@H]1C[C@H](O)[C@@H](CO)O1. The molecule has 1 saturated heterocycles. The number of nitrogens with two attached hydrogens (primary N) is 1. The molecule has 0 radical (unpaired) electrons. The van der Waals surface area contributed by atoms with Gasteiger partial charge in [0.1, 0.15) is 17.8 Å². The summed E-state index contributed by atoms with van der Waals surface area (Å²) in [5.41, 5.74) is 5.63. The summed E-state index contributed by atoms with van der Waals surface area (Å²) >= 11 is 0. The molecule has 3 rings (SSSR count). The highest BCUT2D eigenvalue weighted by atomic mass is 16.5.